The molecule has 2 aromatic carbocycles. The third-order valence-corrected chi connectivity index (χ3v) is 11.0. The van der Waals surface area contributed by atoms with E-state index in [9.17, 15) is 19.2 Å². The van der Waals surface area contributed by atoms with E-state index in [2.05, 4.69) is 22.6 Å². The van der Waals surface area contributed by atoms with Crippen LogP contribution < -0.4 is 15.5 Å². The van der Waals surface area contributed by atoms with Crippen molar-refractivity contribution in [3.63, 3.8) is 0 Å². The lowest BCUT2D eigenvalue weighted by atomic mass is 9.52. The topological polar surface area (TPSA) is 98.8 Å². The highest BCUT2D eigenvalue weighted by Gasteiger charge is 2.52. The van der Waals surface area contributed by atoms with E-state index in [1.165, 1.54) is 43.4 Å². The van der Waals surface area contributed by atoms with E-state index < -0.39 is 11.9 Å². The molecule has 4 amide bonds. The van der Waals surface area contributed by atoms with Crippen molar-refractivity contribution in [3.8, 4) is 0 Å². The molecule has 0 radical (unpaired) electrons. The van der Waals surface area contributed by atoms with E-state index in [1.54, 1.807) is 6.07 Å². The number of carbonyl (C=O) groups is 4. The number of imide groups is 1. The van der Waals surface area contributed by atoms with Crippen LogP contribution in [0.1, 0.15) is 93.0 Å². The molecular formula is C34H42N4O4. The van der Waals surface area contributed by atoms with Crippen molar-refractivity contribution in [3.05, 3.63) is 41.5 Å². The molecule has 2 N–H and O–H groups in total. The first-order chi connectivity index (χ1) is 20.3. The number of anilines is 1. The predicted molar refractivity (Wildman–Crippen MR) is 161 cm³/mol. The van der Waals surface area contributed by atoms with Gasteiger partial charge in [-0.3, -0.25) is 29.4 Å². The summed E-state index contributed by atoms with van der Waals surface area (Å²) in [4.78, 5) is 54.5. The maximum atomic E-state index is 13.3. The van der Waals surface area contributed by atoms with E-state index >= 15 is 0 Å². The van der Waals surface area contributed by atoms with Crippen LogP contribution in [-0.2, 0) is 20.9 Å². The maximum absolute atomic E-state index is 13.3. The van der Waals surface area contributed by atoms with Crippen LogP contribution in [0.4, 0.5) is 5.69 Å². The first-order valence-corrected chi connectivity index (χ1v) is 16.0. The number of nitrogens with one attached hydrogen (secondary N) is 2. The Bertz CT molecular complexity index is 1420. The molecule has 5 fully saturated rings. The molecule has 2 heterocycles. The summed E-state index contributed by atoms with van der Waals surface area (Å²) in [6.07, 6.45) is 12.7. The van der Waals surface area contributed by atoms with Crippen molar-refractivity contribution in [1.82, 2.24) is 15.5 Å². The zero-order valence-corrected chi connectivity index (χ0v) is 24.6. The molecule has 1 unspecified atom stereocenters. The average molecular weight is 571 g/mol. The second kappa shape index (κ2) is 10.8. The van der Waals surface area contributed by atoms with E-state index in [-0.39, 0.29) is 24.1 Å². The molecule has 0 spiro atoms. The van der Waals surface area contributed by atoms with E-state index in [0.29, 0.717) is 36.2 Å². The lowest BCUT2D eigenvalue weighted by Crippen LogP contribution is -2.58. The summed E-state index contributed by atoms with van der Waals surface area (Å²) in [5.74, 6) is 1.98. The van der Waals surface area contributed by atoms with Crippen LogP contribution in [0, 0.1) is 17.8 Å². The molecule has 0 aromatic heterocycles. The highest BCUT2D eigenvalue weighted by molar-refractivity contribution is 6.27. The fraction of sp³-hybridized carbons (Fsp3) is 0.588. The quantitative estimate of drug-likeness (QED) is 0.319. The Labute approximate surface area is 247 Å². The number of rotatable bonds is 10. The van der Waals surface area contributed by atoms with Crippen LogP contribution in [0.2, 0.25) is 0 Å². The summed E-state index contributed by atoms with van der Waals surface area (Å²) in [5.41, 5.74) is 2.64. The van der Waals surface area contributed by atoms with Gasteiger partial charge in [-0.05, 0) is 112 Å². The Morgan fingerprint density at radius 2 is 1.74 bits per heavy atom. The first-order valence-electron chi connectivity index (χ1n) is 16.0. The zero-order valence-electron chi connectivity index (χ0n) is 24.6. The third-order valence-electron chi connectivity index (χ3n) is 11.0. The Balaban J connectivity index is 0.917. The largest absolute Gasteiger partial charge is 0.352 e. The van der Waals surface area contributed by atoms with Crippen LogP contribution in [0.3, 0.4) is 0 Å². The normalized spacial score (nSPS) is 29.6. The average Bonchev–Trinajstić information content (AvgIpc) is 3.24. The highest BCUT2D eigenvalue weighted by atomic mass is 16.2. The number of nitrogens with zero attached hydrogens (tertiary/aromatic N) is 2. The Morgan fingerprint density at radius 3 is 2.45 bits per heavy atom. The smallest absolute Gasteiger partial charge is 0.259 e. The number of benzene rings is 2. The zero-order chi connectivity index (χ0) is 29.0. The lowest BCUT2D eigenvalue weighted by Gasteiger charge is -2.60. The number of amides is 4. The molecule has 222 valence electrons. The SMILES string of the molecule is CN(CCCCCC(=O)NCc1ccc2c3c(cccc13)C(=O)N2C1CCC(=O)NC1=O)C12CC3CC(CC(C3)C1)C2. The van der Waals surface area contributed by atoms with Crippen LogP contribution in [0.25, 0.3) is 10.8 Å². The van der Waals surface area contributed by atoms with Gasteiger partial charge in [0.05, 0.1) is 5.69 Å². The van der Waals surface area contributed by atoms with Gasteiger partial charge in [-0.1, -0.05) is 24.6 Å². The number of piperidine rings is 1. The van der Waals surface area contributed by atoms with E-state index in [4.69, 9.17) is 0 Å². The van der Waals surface area contributed by atoms with Crippen molar-refractivity contribution < 1.29 is 19.2 Å². The summed E-state index contributed by atoms with van der Waals surface area (Å²) in [6.45, 7) is 1.52. The van der Waals surface area contributed by atoms with Crippen LogP contribution >= 0.6 is 0 Å². The Hall–Kier alpha value is -3.26. The van der Waals surface area contributed by atoms with Crippen LogP contribution in [0.15, 0.2) is 30.3 Å². The van der Waals surface area contributed by atoms with Gasteiger partial charge < -0.3 is 10.2 Å². The maximum Gasteiger partial charge on any atom is 0.259 e. The minimum Gasteiger partial charge on any atom is -0.352 e. The molecule has 4 aliphatic carbocycles. The molecule has 8 heteroatoms. The molecule has 8 rings (SSSR count). The molecule has 2 aromatic rings. The molecule has 2 aliphatic heterocycles. The van der Waals surface area contributed by atoms with Crippen molar-refractivity contribution in [1.29, 1.82) is 0 Å². The van der Waals surface area contributed by atoms with Crippen molar-refractivity contribution in [2.45, 2.75) is 95.2 Å². The number of carbonyl (C=O) groups excluding carboxylic acids is 4. The van der Waals surface area contributed by atoms with Crippen LogP contribution in [-0.4, -0.2) is 53.7 Å². The summed E-state index contributed by atoms with van der Waals surface area (Å²) >= 11 is 0. The minimum absolute atomic E-state index is 0.0499. The molecule has 4 bridgehead atoms. The van der Waals surface area contributed by atoms with Crippen LogP contribution in [0.5, 0.6) is 0 Å². The van der Waals surface area contributed by atoms with Gasteiger partial charge in [0.1, 0.15) is 6.04 Å². The summed E-state index contributed by atoms with van der Waals surface area (Å²) in [6, 6.07) is 8.68. The molecular weight excluding hydrogens is 528 g/mol. The predicted octanol–water partition coefficient (Wildman–Crippen LogP) is 4.68. The van der Waals surface area contributed by atoms with Gasteiger partial charge in [0, 0.05) is 35.9 Å². The Kier molecular flexibility index (Phi) is 7.08. The Morgan fingerprint density at radius 1 is 1.00 bits per heavy atom. The van der Waals surface area contributed by atoms with Crippen molar-refractivity contribution >= 4 is 40.1 Å². The molecule has 42 heavy (non-hydrogen) atoms. The number of unbranched alkanes of at least 4 members (excludes halogenated alkanes) is 2. The monoisotopic (exact) mass is 570 g/mol. The highest BCUT2D eigenvalue weighted by Crippen LogP contribution is 2.57. The number of hydrogen-bond donors (Lipinski definition) is 2. The van der Waals surface area contributed by atoms with E-state index in [0.717, 1.165) is 59.9 Å². The molecule has 1 atom stereocenters. The third kappa shape index (κ3) is 4.81. The summed E-state index contributed by atoms with van der Waals surface area (Å²) in [7, 11) is 2.34. The summed E-state index contributed by atoms with van der Waals surface area (Å²) in [5, 5.41) is 7.16. The lowest BCUT2D eigenvalue weighted by molar-refractivity contribution is -0.134. The number of hydrogen-bond acceptors (Lipinski definition) is 5. The van der Waals surface area contributed by atoms with E-state index in [1.807, 2.05) is 24.3 Å². The summed E-state index contributed by atoms with van der Waals surface area (Å²) < 4.78 is 0. The molecule has 4 saturated carbocycles. The van der Waals surface area contributed by atoms with Crippen molar-refractivity contribution in [2.24, 2.45) is 17.8 Å². The van der Waals surface area contributed by atoms with Gasteiger partial charge in [0.2, 0.25) is 17.7 Å². The fourth-order valence-electron chi connectivity index (χ4n) is 9.32. The van der Waals surface area contributed by atoms with Gasteiger partial charge in [-0.15, -0.1) is 0 Å². The standard InChI is InChI=1S/C34H42N4O4/c1-37(34-17-21-14-22(18-34)16-23(15-21)19-34)13-4-2-3-8-29(39)35-20-24-9-10-27-31-25(24)6-5-7-26(31)33(42)38(27)28-11-12-30(40)36-32(28)41/h5-7,9-10,21-23,28H,2-4,8,11-20H2,1H3,(H,35,39)(H,36,40,41). The second-order valence-corrected chi connectivity index (χ2v) is 13.8. The van der Waals surface area contributed by atoms with Crippen molar-refractivity contribution in [2.75, 3.05) is 18.5 Å². The van der Waals surface area contributed by atoms with Gasteiger partial charge >= 0.3 is 0 Å². The minimum atomic E-state index is -0.705. The molecule has 8 nitrogen and oxygen atoms in total. The molecule has 6 aliphatic rings. The second-order valence-electron chi connectivity index (χ2n) is 13.8. The van der Waals surface area contributed by atoms with Gasteiger partial charge in [-0.25, -0.2) is 0 Å². The fourth-order valence-corrected chi connectivity index (χ4v) is 9.32. The first kappa shape index (κ1) is 27.6. The van der Waals surface area contributed by atoms with Gasteiger partial charge in [0.15, 0.2) is 0 Å². The van der Waals surface area contributed by atoms with Gasteiger partial charge in [0.25, 0.3) is 5.91 Å². The van der Waals surface area contributed by atoms with Gasteiger partial charge in [-0.2, -0.15) is 0 Å². The molecule has 1 saturated heterocycles.